The van der Waals surface area contributed by atoms with Crippen LogP contribution in [0.2, 0.25) is 0 Å². The second-order valence-corrected chi connectivity index (χ2v) is 6.83. The van der Waals surface area contributed by atoms with Gasteiger partial charge in [-0.2, -0.15) is 4.31 Å². The molecule has 0 aromatic carbocycles. The molecule has 0 spiro atoms. The predicted octanol–water partition coefficient (Wildman–Crippen LogP) is -0.167. The van der Waals surface area contributed by atoms with Gasteiger partial charge in [0, 0.05) is 25.3 Å². The number of hydrogen-bond donors (Lipinski definition) is 1. The fourth-order valence-electron chi connectivity index (χ4n) is 1.62. The molecular weight excluding hydrogens is 287 g/mol. The third-order valence-electron chi connectivity index (χ3n) is 2.59. The summed E-state index contributed by atoms with van der Waals surface area (Å²) in [5.74, 6) is 0. The Bertz CT molecular complexity index is 458. The van der Waals surface area contributed by atoms with Gasteiger partial charge in [-0.05, 0) is 11.6 Å². The Hall–Kier alpha value is -0.210. The van der Waals surface area contributed by atoms with E-state index in [9.17, 15) is 8.42 Å². The summed E-state index contributed by atoms with van der Waals surface area (Å²) in [5.41, 5.74) is 0. The molecule has 2 rings (SSSR count). The van der Waals surface area contributed by atoms with Crippen LogP contribution in [0.5, 0.6) is 0 Å². The van der Waals surface area contributed by atoms with Crippen molar-refractivity contribution in [1.29, 1.82) is 0 Å². The summed E-state index contributed by atoms with van der Waals surface area (Å²) in [4.78, 5) is 7.82. The number of rotatable bonds is 3. The zero-order valence-electron chi connectivity index (χ0n) is 9.05. The van der Waals surface area contributed by atoms with Crippen molar-refractivity contribution < 1.29 is 8.42 Å². The Morgan fingerprint density at radius 2 is 2.18 bits per heavy atom. The molecule has 0 aliphatic carbocycles. The smallest absolute Gasteiger partial charge is 0.219 e. The molecule has 0 aromatic rings. The fraction of sp³-hybridized carbons (Fsp3) is 0.750. The normalized spacial score (nSPS) is 31.1. The highest BCUT2D eigenvalue weighted by atomic mass is 35.5. The third-order valence-corrected chi connectivity index (χ3v) is 4.38. The first kappa shape index (κ1) is 13.2. The molecule has 2 aliphatic rings. The Morgan fingerprint density at radius 3 is 2.76 bits per heavy atom. The molecule has 9 heteroatoms. The number of amidine groups is 1. The van der Waals surface area contributed by atoms with Crippen molar-refractivity contribution in [2.24, 2.45) is 9.98 Å². The Labute approximate surface area is 110 Å². The van der Waals surface area contributed by atoms with E-state index in [1.54, 1.807) is 0 Å². The van der Waals surface area contributed by atoms with Crippen molar-refractivity contribution >= 4 is 44.7 Å². The zero-order chi connectivity index (χ0) is 12.6. The summed E-state index contributed by atoms with van der Waals surface area (Å²) >= 11 is 11.7. The van der Waals surface area contributed by atoms with Crippen LogP contribution in [0.1, 0.15) is 0 Å². The van der Waals surface area contributed by atoms with Gasteiger partial charge in [0.1, 0.15) is 11.5 Å². The van der Waals surface area contributed by atoms with E-state index in [1.807, 2.05) is 0 Å². The van der Waals surface area contributed by atoms with Gasteiger partial charge in [0.25, 0.3) is 0 Å². The minimum absolute atomic E-state index is 0.0516. The van der Waals surface area contributed by atoms with Gasteiger partial charge in [-0.3, -0.25) is 5.32 Å². The SMILES string of the molecule is CS(=O)(=O)N1CC(NC2N=C(Cl)N=CC2Cl)C1. The van der Waals surface area contributed by atoms with Gasteiger partial charge in [-0.25, -0.2) is 18.4 Å². The van der Waals surface area contributed by atoms with E-state index in [0.29, 0.717) is 13.1 Å². The highest BCUT2D eigenvalue weighted by Gasteiger charge is 2.35. The Kier molecular flexibility index (Phi) is 3.74. The molecule has 96 valence electrons. The van der Waals surface area contributed by atoms with Crippen molar-refractivity contribution in [2.75, 3.05) is 19.3 Å². The highest BCUT2D eigenvalue weighted by molar-refractivity contribution is 7.88. The summed E-state index contributed by atoms with van der Waals surface area (Å²) in [6, 6.07) is 0.0516. The number of sulfonamides is 1. The summed E-state index contributed by atoms with van der Waals surface area (Å²) in [6.07, 6.45) is 2.35. The van der Waals surface area contributed by atoms with E-state index in [4.69, 9.17) is 23.2 Å². The van der Waals surface area contributed by atoms with E-state index < -0.39 is 10.0 Å². The molecule has 2 aliphatic heterocycles. The molecule has 0 radical (unpaired) electrons. The largest absolute Gasteiger partial charge is 0.289 e. The maximum Gasteiger partial charge on any atom is 0.219 e. The van der Waals surface area contributed by atoms with Crippen LogP contribution in [0.3, 0.4) is 0 Å². The quantitative estimate of drug-likeness (QED) is 0.581. The molecule has 0 saturated carbocycles. The molecule has 1 saturated heterocycles. The molecule has 6 nitrogen and oxygen atoms in total. The molecule has 2 heterocycles. The van der Waals surface area contributed by atoms with Gasteiger partial charge in [0.05, 0.1) is 6.26 Å². The maximum absolute atomic E-state index is 11.2. The van der Waals surface area contributed by atoms with Gasteiger partial charge in [-0.15, -0.1) is 11.6 Å². The van der Waals surface area contributed by atoms with Crippen LogP contribution < -0.4 is 5.32 Å². The standard InChI is InChI=1S/C8H12Cl2N4O2S/c1-17(15,16)14-3-5(4-14)12-7-6(9)2-11-8(10)13-7/h2,5-7,12H,3-4H2,1H3. The van der Waals surface area contributed by atoms with Gasteiger partial charge < -0.3 is 0 Å². The van der Waals surface area contributed by atoms with Crippen LogP contribution in [0.15, 0.2) is 9.98 Å². The molecule has 0 amide bonds. The summed E-state index contributed by atoms with van der Waals surface area (Å²) in [7, 11) is -3.09. The van der Waals surface area contributed by atoms with E-state index in [2.05, 4.69) is 15.3 Å². The van der Waals surface area contributed by atoms with Gasteiger partial charge >= 0.3 is 0 Å². The van der Waals surface area contributed by atoms with Crippen LogP contribution in [0.25, 0.3) is 0 Å². The number of aliphatic imine (C=N–C) groups is 2. The van der Waals surface area contributed by atoms with E-state index in [1.165, 1.54) is 16.8 Å². The second-order valence-electron chi connectivity index (χ2n) is 4.01. The van der Waals surface area contributed by atoms with Gasteiger partial charge in [0.2, 0.25) is 15.3 Å². The first-order chi connectivity index (χ1) is 7.86. The average molecular weight is 299 g/mol. The Balaban J connectivity index is 1.87. The lowest BCUT2D eigenvalue weighted by Crippen LogP contribution is -2.62. The summed E-state index contributed by atoms with van der Waals surface area (Å²) in [5, 5.41) is 2.92. The molecule has 2 atom stereocenters. The van der Waals surface area contributed by atoms with Crippen molar-refractivity contribution in [1.82, 2.24) is 9.62 Å². The molecule has 2 unspecified atom stereocenters. The van der Waals surface area contributed by atoms with Gasteiger partial charge in [-0.1, -0.05) is 0 Å². The summed E-state index contributed by atoms with van der Waals surface area (Å²) < 4.78 is 23.7. The first-order valence-electron chi connectivity index (χ1n) is 4.99. The second kappa shape index (κ2) is 4.81. The predicted molar refractivity (Wildman–Crippen MR) is 68.5 cm³/mol. The van der Waals surface area contributed by atoms with E-state index in [0.717, 1.165) is 0 Å². The minimum Gasteiger partial charge on any atom is -0.289 e. The maximum atomic E-state index is 11.2. The van der Waals surface area contributed by atoms with Crippen LogP contribution in [0, 0.1) is 0 Å². The first-order valence-corrected chi connectivity index (χ1v) is 7.65. The lowest BCUT2D eigenvalue weighted by atomic mass is 10.1. The molecule has 1 fully saturated rings. The lowest BCUT2D eigenvalue weighted by Gasteiger charge is -2.39. The molecular formula is C8H12Cl2N4O2S. The monoisotopic (exact) mass is 298 g/mol. The molecule has 0 bridgehead atoms. The number of nitrogens with zero attached hydrogens (tertiary/aromatic N) is 3. The number of hydrogen-bond acceptors (Lipinski definition) is 5. The van der Waals surface area contributed by atoms with Crippen LogP contribution in [-0.2, 0) is 10.0 Å². The minimum atomic E-state index is -3.09. The van der Waals surface area contributed by atoms with Gasteiger partial charge in [0.15, 0.2) is 0 Å². The van der Waals surface area contributed by atoms with Crippen molar-refractivity contribution in [3.63, 3.8) is 0 Å². The lowest BCUT2D eigenvalue weighted by molar-refractivity contribution is 0.215. The van der Waals surface area contributed by atoms with Crippen molar-refractivity contribution in [2.45, 2.75) is 17.6 Å². The average Bonchev–Trinajstić information content (AvgIpc) is 2.14. The van der Waals surface area contributed by atoms with Crippen LogP contribution in [-0.4, -0.2) is 61.2 Å². The zero-order valence-corrected chi connectivity index (χ0v) is 11.4. The van der Waals surface area contributed by atoms with Crippen molar-refractivity contribution in [3.8, 4) is 0 Å². The number of nitrogens with one attached hydrogen (secondary N) is 1. The number of alkyl halides is 1. The number of halogens is 2. The van der Waals surface area contributed by atoms with E-state index >= 15 is 0 Å². The van der Waals surface area contributed by atoms with Crippen LogP contribution in [0.4, 0.5) is 0 Å². The van der Waals surface area contributed by atoms with Crippen LogP contribution >= 0.6 is 23.2 Å². The summed E-state index contributed by atoms with van der Waals surface area (Å²) in [6.45, 7) is 0.868. The topological polar surface area (TPSA) is 74.1 Å². The molecule has 0 aromatic heterocycles. The fourth-order valence-corrected chi connectivity index (χ4v) is 2.87. The van der Waals surface area contributed by atoms with E-state index in [-0.39, 0.29) is 22.9 Å². The molecule has 1 N–H and O–H groups in total. The highest BCUT2D eigenvalue weighted by Crippen LogP contribution is 2.16. The molecule has 17 heavy (non-hydrogen) atoms. The Morgan fingerprint density at radius 1 is 1.53 bits per heavy atom. The van der Waals surface area contributed by atoms with Crippen molar-refractivity contribution in [3.05, 3.63) is 0 Å². The third kappa shape index (κ3) is 3.17.